The molecule has 1 aromatic heterocycles. The van der Waals surface area contributed by atoms with Gasteiger partial charge in [-0.2, -0.15) is 0 Å². The Kier molecular flexibility index (Phi) is 5.63. The van der Waals surface area contributed by atoms with Gasteiger partial charge in [0, 0.05) is 25.8 Å². The lowest BCUT2D eigenvalue weighted by molar-refractivity contribution is 0.0366. The molecule has 1 aliphatic heterocycles. The number of aromatic nitrogens is 2. The smallest absolute Gasteiger partial charge is 0.175 e. The Bertz CT molecular complexity index is 411. The Morgan fingerprint density at radius 2 is 2.05 bits per heavy atom. The molecule has 19 heavy (non-hydrogen) atoms. The van der Waals surface area contributed by atoms with Gasteiger partial charge in [-0.15, -0.1) is 10.2 Å². The largest absolute Gasteiger partial charge is 0.378 e. The average Bonchev–Trinajstić information content (AvgIpc) is 2.43. The fourth-order valence-corrected chi connectivity index (χ4v) is 2.52. The molecular weight excluding hydrogens is 287 g/mol. The number of ether oxygens (including phenoxy) is 1. The summed E-state index contributed by atoms with van der Waals surface area (Å²) in [7, 11) is 0. The number of piperidine rings is 1. The van der Waals surface area contributed by atoms with E-state index < -0.39 is 0 Å². The number of anilines is 1. The minimum absolute atomic E-state index is 0.312. The van der Waals surface area contributed by atoms with E-state index in [4.69, 9.17) is 33.7 Å². The van der Waals surface area contributed by atoms with Gasteiger partial charge < -0.3 is 15.4 Å². The summed E-state index contributed by atoms with van der Waals surface area (Å²) >= 11 is 11.9. The number of hydrogen-bond acceptors (Lipinski definition) is 5. The highest BCUT2D eigenvalue weighted by Gasteiger charge is 2.22. The van der Waals surface area contributed by atoms with Crippen molar-refractivity contribution >= 4 is 28.9 Å². The lowest BCUT2D eigenvalue weighted by Crippen LogP contribution is -2.37. The summed E-state index contributed by atoms with van der Waals surface area (Å²) in [5, 5.41) is 8.31. The highest BCUT2D eigenvalue weighted by atomic mass is 35.5. The molecule has 0 aliphatic carbocycles. The number of nitrogens with zero attached hydrogens (tertiary/aromatic N) is 3. The van der Waals surface area contributed by atoms with Crippen LogP contribution >= 0.6 is 23.2 Å². The van der Waals surface area contributed by atoms with Gasteiger partial charge >= 0.3 is 0 Å². The third-order valence-electron chi connectivity index (χ3n) is 3.19. The fraction of sp³-hybridized carbons (Fsp3) is 0.667. The Balaban J connectivity index is 1.87. The van der Waals surface area contributed by atoms with Crippen molar-refractivity contribution < 1.29 is 4.74 Å². The van der Waals surface area contributed by atoms with Crippen LogP contribution in [0, 0.1) is 0 Å². The van der Waals surface area contributed by atoms with Crippen molar-refractivity contribution in [3.63, 3.8) is 0 Å². The first-order valence-electron chi connectivity index (χ1n) is 6.46. The molecule has 0 bridgehead atoms. The predicted octanol–water partition coefficient (Wildman–Crippen LogP) is 2.12. The second-order valence-corrected chi connectivity index (χ2v) is 5.29. The first-order chi connectivity index (χ1) is 9.20. The standard InChI is InChI=1S/C12H18Cl2N4O/c13-11-8-10(12(14)17-16-11)18-5-2-9(3-6-18)19-7-1-4-15/h8-9H,1-7,15H2. The van der Waals surface area contributed by atoms with Crippen LogP contribution in [0.15, 0.2) is 6.07 Å². The molecule has 1 saturated heterocycles. The van der Waals surface area contributed by atoms with Crippen LogP contribution in [-0.4, -0.2) is 42.5 Å². The van der Waals surface area contributed by atoms with E-state index >= 15 is 0 Å². The summed E-state index contributed by atoms with van der Waals surface area (Å²) in [5.74, 6) is 0. The normalized spacial score (nSPS) is 16.9. The number of nitrogens with two attached hydrogens (primary N) is 1. The highest BCUT2D eigenvalue weighted by Crippen LogP contribution is 2.28. The second-order valence-electron chi connectivity index (χ2n) is 4.54. The van der Waals surface area contributed by atoms with E-state index in [1.165, 1.54) is 0 Å². The Morgan fingerprint density at radius 1 is 1.32 bits per heavy atom. The molecule has 0 saturated carbocycles. The van der Waals surface area contributed by atoms with E-state index in [0.29, 0.717) is 23.0 Å². The molecule has 2 rings (SSSR count). The molecule has 0 amide bonds. The molecule has 0 spiro atoms. The summed E-state index contributed by atoms with van der Waals surface area (Å²) in [6.45, 7) is 3.18. The van der Waals surface area contributed by atoms with Crippen LogP contribution in [0.1, 0.15) is 19.3 Å². The third kappa shape index (κ3) is 4.18. The molecule has 2 heterocycles. The lowest BCUT2D eigenvalue weighted by atomic mass is 10.1. The Hall–Kier alpha value is -0.620. The van der Waals surface area contributed by atoms with Crippen LogP contribution in [0.4, 0.5) is 5.69 Å². The molecule has 1 aromatic rings. The predicted molar refractivity (Wildman–Crippen MR) is 76.9 cm³/mol. The average molecular weight is 305 g/mol. The van der Waals surface area contributed by atoms with Gasteiger partial charge in [0.25, 0.3) is 0 Å². The van der Waals surface area contributed by atoms with Crippen molar-refractivity contribution in [1.82, 2.24) is 10.2 Å². The maximum atomic E-state index is 6.05. The zero-order chi connectivity index (χ0) is 13.7. The molecule has 5 nitrogen and oxygen atoms in total. The van der Waals surface area contributed by atoms with Crippen molar-refractivity contribution in [3.8, 4) is 0 Å². The first kappa shape index (κ1) is 14.8. The Labute approximate surface area is 123 Å². The zero-order valence-electron chi connectivity index (χ0n) is 10.7. The summed E-state index contributed by atoms with van der Waals surface area (Å²) < 4.78 is 5.77. The SMILES string of the molecule is NCCCOC1CCN(c2cc(Cl)nnc2Cl)CC1. The van der Waals surface area contributed by atoms with Crippen LogP contribution in [0.25, 0.3) is 0 Å². The molecule has 0 aromatic carbocycles. The van der Waals surface area contributed by atoms with Crippen LogP contribution in [0.3, 0.4) is 0 Å². The van der Waals surface area contributed by atoms with Gasteiger partial charge in [0.1, 0.15) is 0 Å². The Morgan fingerprint density at radius 3 is 2.74 bits per heavy atom. The number of rotatable bonds is 5. The topological polar surface area (TPSA) is 64.3 Å². The van der Waals surface area contributed by atoms with Gasteiger partial charge in [0.15, 0.2) is 10.3 Å². The number of halogens is 2. The molecule has 106 valence electrons. The quantitative estimate of drug-likeness (QED) is 0.844. The van der Waals surface area contributed by atoms with Gasteiger partial charge in [-0.1, -0.05) is 23.2 Å². The minimum atomic E-state index is 0.312. The molecule has 1 fully saturated rings. The second kappa shape index (κ2) is 7.24. The minimum Gasteiger partial charge on any atom is -0.378 e. The van der Waals surface area contributed by atoms with E-state index in [2.05, 4.69) is 15.1 Å². The van der Waals surface area contributed by atoms with E-state index in [1.807, 2.05) is 0 Å². The van der Waals surface area contributed by atoms with Crippen LogP contribution in [-0.2, 0) is 4.74 Å². The summed E-state index contributed by atoms with van der Waals surface area (Å²) in [6, 6.07) is 1.76. The molecule has 7 heteroatoms. The highest BCUT2D eigenvalue weighted by molar-refractivity contribution is 6.33. The molecule has 1 aliphatic rings. The third-order valence-corrected chi connectivity index (χ3v) is 3.64. The van der Waals surface area contributed by atoms with Crippen LogP contribution < -0.4 is 10.6 Å². The van der Waals surface area contributed by atoms with Crippen molar-refractivity contribution in [3.05, 3.63) is 16.4 Å². The van der Waals surface area contributed by atoms with Gasteiger partial charge in [-0.05, 0) is 25.8 Å². The van der Waals surface area contributed by atoms with E-state index in [9.17, 15) is 0 Å². The summed E-state index contributed by atoms with van der Waals surface area (Å²) in [6.07, 6.45) is 3.17. The van der Waals surface area contributed by atoms with Crippen LogP contribution in [0.2, 0.25) is 10.3 Å². The van der Waals surface area contributed by atoms with E-state index in [-0.39, 0.29) is 0 Å². The zero-order valence-corrected chi connectivity index (χ0v) is 12.2. The van der Waals surface area contributed by atoms with Crippen molar-refractivity contribution in [2.24, 2.45) is 5.73 Å². The molecule has 2 N–H and O–H groups in total. The molecule has 0 unspecified atom stereocenters. The van der Waals surface area contributed by atoms with Crippen molar-refractivity contribution in [1.29, 1.82) is 0 Å². The summed E-state index contributed by atoms with van der Waals surface area (Å²) in [5.41, 5.74) is 6.29. The van der Waals surface area contributed by atoms with Gasteiger partial charge in [-0.3, -0.25) is 0 Å². The number of hydrogen-bond donors (Lipinski definition) is 1. The maximum absolute atomic E-state index is 6.05. The fourth-order valence-electron chi connectivity index (χ4n) is 2.16. The maximum Gasteiger partial charge on any atom is 0.175 e. The molecule has 0 atom stereocenters. The van der Waals surface area contributed by atoms with Crippen molar-refractivity contribution in [2.45, 2.75) is 25.4 Å². The lowest BCUT2D eigenvalue weighted by Gasteiger charge is -2.33. The first-order valence-corrected chi connectivity index (χ1v) is 7.21. The summed E-state index contributed by atoms with van der Waals surface area (Å²) in [4.78, 5) is 2.17. The molecule has 0 radical (unpaired) electrons. The van der Waals surface area contributed by atoms with Gasteiger partial charge in [0.2, 0.25) is 0 Å². The monoisotopic (exact) mass is 304 g/mol. The van der Waals surface area contributed by atoms with Gasteiger partial charge in [-0.25, -0.2) is 0 Å². The molecular formula is C12H18Cl2N4O. The van der Waals surface area contributed by atoms with Crippen LogP contribution in [0.5, 0.6) is 0 Å². The van der Waals surface area contributed by atoms with Gasteiger partial charge in [0.05, 0.1) is 11.8 Å². The van der Waals surface area contributed by atoms with Crippen molar-refractivity contribution in [2.75, 3.05) is 31.1 Å². The van der Waals surface area contributed by atoms with E-state index in [1.54, 1.807) is 6.07 Å². The van der Waals surface area contributed by atoms with E-state index in [0.717, 1.165) is 44.6 Å².